The molecule has 0 saturated heterocycles. The second-order valence-electron chi connectivity index (χ2n) is 5.14. The summed E-state index contributed by atoms with van der Waals surface area (Å²) in [7, 11) is 0. The summed E-state index contributed by atoms with van der Waals surface area (Å²) in [6, 6.07) is 3.52. The Labute approximate surface area is 129 Å². The molecule has 0 radical (unpaired) electrons. The predicted molar refractivity (Wildman–Crippen MR) is 80.3 cm³/mol. The smallest absolute Gasteiger partial charge is 0.340 e. The van der Waals surface area contributed by atoms with Crippen LogP contribution in [0.5, 0.6) is 5.75 Å². The highest BCUT2D eigenvalue weighted by Gasteiger charge is 2.17. The van der Waals surface area contributed by atoms with Gasteiger partial charge in [-0.15, -0.1) is 0 Å². The van der Waals surface area contributed by atoms with Gasteiger partial charge in [-0.1, -0.05) is 0 Å². The Bertz CT molecular complexity index is 983. The molecule has 23 heavy (non-hydrogen) atoms. The first-order valence-corrected chi connectivity index (χ1v) is 6.72. The number of anilines is 1. The molecule has 2 heterocycles. The molecule has 3 N–H and O–H groups in total. The van der Waals surface area contributed by atoms with Crippen LogP contribution < -0.4 is 11.4 Å². The van der Waals surface area contributed by atoms with Gasteiger partial charge in [0.25, 0.3) is 0 Å². The van der Waals surface area contributed by atoms with E-state index in [-0.39, 0.29) is 28.9 Å². The summed E-state index contributed by atoms with van der Waals surface area (Å²) in [6.07, 6.45) is 1.27. The number of hydrogen-bond acceptors (Lipinski definition) is 5. The van der Waals surface area contributed by atoms with Gasteiger partial charge in [-0.2, -0.15) is 0 Å². The molecule has 0 atom stereocenters. The first-order chi connectivity index (χ1) is 10.9. The minimum absolute atomic E-state index is 0.0601. The summed E-state index contributed by atoms with van der Waals surface area (Å²) < 4.78 is 32.6. The standard InChI is InChI=1S/C16H12F2N2O3/c1-7-9-5-11(17)12(21)6-13(9)23-16(22)10(7)4-8-2-3-20-15(19)14(8)18/h2-3,5-6,21H,4H2,1H3,(H2,19,20). The van der Waals surface area contributed by atoms with E-state index in [9.17, 15) is 18.7 Å². The van der Waals surface area contributed by atoms with Gasteiger partial charge in [-0.05, 0) is 30.2 Å². The van der Waals surface area contributed by atoms with Gasteiger partial charge in [-0.25, -0.2) is 18.6 Å². The Morgan fingerprint density at radius 3 is 2.83 bits per heavy atom. The highest BCUT2D eigenvalue weighted by Crippen LogP contribution is 2.27. The summed E-state index contributed by atoms with van der Waals surface area (Å²) >= 11 is 0. The lowest BCUT2D eigenvalue weighted by Gasteiger charge is -2.09. The third-order valence-electron chi connectivity index (χ3n) is 3.72. The quantitative estimate of drug-likeness (QED) is 0.709. The lowest BCUT2D eigenvalue weighted by molar-refractivity contribution is 0.431. The van der Waals surface area contributed by atoms with Gasteiger partial charge < -0.3 is 15.3 Å². The first kappa shape index (κ1) is 15.0. The van der Waals surface area contributed by atoms with Crippen molar-refractivity contribution in [3.05, 3.63) is 63.1 Å². The maximum Gasteiger partial charge on any atom is 0.340 e. The van der Waals surface area contributed by atoms with Gasteiger partial charge in [0.1, 0.15) is 5.58 Å². The fourth-order valence-corrected chi connectivity index (χ4v) is 2.43. The number of aromatic hydroxyl groups is 1. The number of pyridine rings is 1. The Balaban J connectivity index is 2.20. The van der Waals surface area contributed by atoms with E-state index in [1.54, 1.807) is 6.92 Å². The van der Waals surface area contributed by atoms with Gasteiger partial charge in [0, 0.05) is 29.6 Å². The molecule has 7 heteroatoms. The molecule has 0 aliphatic rings. The van der Waals surface area contributed by atoms with Crippen molar-refractivity contribution >= 4 is 16.8 Å². The van der Waals surface area contributed by atoms with E-state index >= 15 is 0 Å². The molecule has 0 saturated carbocycles. The lowest BCUT2D eigenvalue weighted by atomic mass is 9.99. The van der Waals surface area contributed by atoms with Crippen molar-refractivity contribution in [2.24, 2.45) is 0 Å². The molecule has 0 amide bonds. The van der Waals surface area contributed by atoms with Crippen molar-refractivity contribution in [2.45, 2.75) is 13.3 Å². The largest absolute Gasteiger partial charge is 0.505 e. The Morgan fingerprint density at radius 2 is 2.09 bits per heavy atom. The van der Waals surface area contributed by atoms with Crippen molar-refractivity contribution in [2.75, 3.05) is 5.73 Å². The molecule has 118 valence electrons. The van der Waals surface area contributed by atoms with Crippen LogP contribution in [0.1, 0.15) is 16.7 Å². The number of phenolic OH excluding ortho intramolecular Hbond substituents is 1. The van der Waals surface area contributed by atoms with E-state index in [1.165, 1.54) is 12.3 Å². The SMILES string of the molecule is Cc1c(Cc2ccnc(N)c2F)c(=O)oc2cc(O)c(F)cc12. The number of nitrogens with two attached hydrogens (primary N) is 1. The predicted octanol–water partition coefficient (Wildman–Crippen LogP) is 2.65. The molecule has 3 aromatic rings. The Morgan fingerprint density at radius 1 is 1.35 bits per heavy atom. The molecule has 3 rings (SSSR count). The van der Waals surface area contributed by atoms with Crippen molar-refractivity contribution in [1.29, 1.82) is 0 Å². The monoisotopic (exact) mass is 318 g/mol. The van der Waals surface area contributed by atoms with E-state index in [1.807, 2.05) is 0 Å². The topological polar surface area (TPSA) is 89.4 Å². The van der Waals surface area contributed by atoms with E-state index in [0.717, 1.165) is 12.1 Å². The maximum absolute atomic E-state index is 14.0. The Kier molecular flexibility index (Phi) is 3.48. The van der Waals surface area contributed by atoms with Crippen molar-refractivity contribution < 1.29 is 18.3 Å². The third-order valence-corrected chi connectivity index (χ3v) is 3.72. The van der Waals surface area contributed by atoms with Crippen molar-refractivity contribution in [3.63, 3.8) is 0 Å². The number of nitrogens with zero attached hydrogens (tertiary/aromatic N) is 1. The zero-order valence-corrected chi connectivity index (χ0v) is 12.1. The normalized spacial score (nSPS) is 11.1. The number of hydrogen-bond donors (Lipinski definition) is 2. The average molecular weight is 318 g/mol. The van der Waals surface area contributed by atoms with Crippen LogP contribution >= 0.6 is 0 Å². The second-order valence-corrected chi connectivity index (χ2v) is 5.14. The molecule has 0 aliphatic heterocycles. The van der Waals surface area contributed by atoms with Crippen molar-refractivity contribution in [1.82, 2.24) is 4.98 Å². The number of nitrogen functional groups attached to an aromatic ring is 1. The molecule has 0 spiro atoms. The zero-order valence-electron chi connectivity index (χ0n) is 12.1. The van der Waals surface area contributed by atoms with E-state index in [0.29, 0.717) is 10.9 Å². The van der Waals surface area contributed by atoms with Crippen LogP contribution in [-0.2, 0) is 6.42 Å². The summed E-state index contributed by atoms with van der Waals surface area (Å²) in [5, 5.41) is 9.69. The zero-order chi connectivity index (χ0) is 16.7. The molecule has 0 bridgehead atoms. The van der Waals surface area contributed by atoms with Gasteiger partial charge in [-0.3, -0.25) is 0 Å². The number of rotatable bonds is 2. The highest BCUT2D eigenvalue weighted by atomic mass is 19.1. The number of phenols is 1. The molecule has 0 unspecified atom stereocenters. The van der Waals surface area contributed by atoms with Crippen LogP contribution in [-0.4, -0.2) is 10.1 Å². The summed E-state index contributed by atoms with van der Waals surface area (Å²) in [5.41, 5.74) is 5.61. The fraction of sp³-hybridized carbons (Fsp3) is 0.125. The van der Waals surface area contributed by atoms with Crippen LogP contribution in [0.15, 0.2) is 33.6 Å². The summed E-state index contributed by atoms with van der Waals surface area (Å²) in [6.45, 7) is 1.60. The highest BCUT2D eigenvalue weighted by molar-refractivity contribution is 5.82. The molecular weight excluding hydrogens is 306 g/mol. The number of benzene rings is 1. The van der Waals surface area contributed by atoms with Gasteiger partial charge in [0.15, 0.2) is 23.2 Å². The number of halogens is 2. The number of fused-ring (bicyclic) bond motifs is 1. The summed E-state index contributed by atoms with van der Waals surface area (Å²) in [4.78, 5) is 15.8. The van der Waals surface area contributed by atoms with E-state index < -0.39 is 23.0 Å². The minimum Gasteiger partial charge on any atom is -0.505 e. The lowest BCUT2D eigenvalue weighted by Crippen LogP contribution is -2.12. The van der Waals surface area contributed by atoms with Crippen LogP contribution in [0.3, 0.4) is 0 Å². The van der Waals surface area contributed by atoms with Crippen LogP contribution in [0, 0.1) is 18.6 Å². The van der Waals surface area contributed by atoms with Crippen LogP contribution in [0.25, 0.3) is 11.0 Å². The molecule has 0 fully saturated rings. The number of aryl methyl sites for hydroxylation is 1. The van der Waals surface area contributed by atoms with Gasteiger partial charge >= 0.3 is 5.63 Å². The number of aromatic nitrogens is 1. The molecule has 1 aromatic carbocycles. The van der Waals surface area contributed by atoms with Crippen LogP contribution in [0.2, 0.25) is 0 Å². The molecule has 2 aromatic heterocycles. The first-order valence-electron chi connectivity index (χ1n) is 6.72. The van der Waals surface area contributed by atoms with Gasteiger partial charge in [0.2, 0.25) is 0 Å². The molecular formula is C16H12F2N2O3. The second kappa shape index (κ2) is 5.35. The molecule has 5 nitrogen and oxygen atoms in total. The maximum atomic E-state index is 14.0. The van der Waals surface area contributed by atoms with Crippen molar-refractivity contribution in [3.8, 4) is 5.75 Å². The fourth-order valence-electron chi connectivity index (χ4n) is 2.43. The van der Waals surface area contributed by atoms with E-state index in [2.05, 4.69) is 4.98 Å². The third kappa shape index (κ3) is 2.50. The van der Waals surface area contributed by atoms with Crippen LogP contribution in [0.4, 0.5) is 14.6 Å². The van der Waals surface area contributed by atoms with Gasteiger partial charge in [0.05, 0.1) is 0 Å². The minimum atomic E-state index is -0.834. The average Bonchev–Trinajstić information content (AvgIpc) is 2.50. The molecule has 0 aliphatic carbocycles. The van der Waals surface area contributed by atoms with E-state index in [4.69, 9.17) is 10.2 Å². The Hall–Kier alpha value is -2.96. The summed E-state index contributed by atoms with van der Waals surface area (Å²) in [5.74, 6) is -2.41.